The zero-order chi connectivity index (χ0) is 16.4. The minimum Gasteiger partial charge on any atom is -0.369 e. The molecule has 0 aromatic carbocycles. The van der Waals surface area contributed by atoms with Crippen molar-refractivity contribution >= 4 is 0 Å². The zero-order valence-corrected chi connectivity index (χ0v) is 12.3. The number of piperidine rings is 1. The van der Waals surface area contributed by atoms with E-state index < -0.39 is 12.1 Å². The Bertz CT molecular complexity index is 693. The number of rotatable bonds is 3. The molecule has 8 heteroatoms. The largest absolute Gasteiger partial charge is 0.471 e. The predicted octanol–water partition coefficient (Wildman–Crippen LogP) is 3.65. The summed E-state index contributed by atoms with van der Waals surface area (Å²) in [4.78, 5) is 9.78. The van der Waals surface area contributed by atoms with Gasteiger partial charge in [-0.2, -0.15) is 18.2 Å². The second-order valence-electron chi connectivity index (χ2n) is 5.40. The number of allylic oxidation sites excluding steroid dienone is 1. The molecule has 1 saturated heterocycles. The summed E-state index contributed by atoms with van der Waals surface area (Å²) >= 11 is 0. The smallest absolute Gasteiger partial charge is 0.369 e. The van der Waals surface area contributed by atoms with Crippen LogP contribution in [-0.4, -0.2) is 26.6 Å². The molecule has 0 aliphatic carbocycles. The number of halogens is 3. The Morgan fingerprint density at radius 3 is 2.70 bits per heavy atom. The van der Waals surface area contributed by atoms with Crippen LogP contribution in [0.25, 0.3) is 11.4 Å². The molecule has 23 heavy (non-hydrogen) atoms. The first-order valence-corrected chi connectivity index (χ1v) is 7.22. The van der Waals surface area contributed by atoms with Crippen molar-refractivity contribution in [3.05, 3.63) is 42.2 Å². The minimum atomic E-state index is -4.65. The van der Waals surface area contributed by atoms with Gasteiger partial charge in [0, 0.05) is 24.0 Å². The molecule has 2 aromatic heterocycles. The highest BCUT2D eigenvalue weighted by molar-refractivity contribution is 5.52. The number of alkyl halides is 3. The summed E-state index contributed by atoms with van der Waals surface area (Å²) in [5.74, 6) is -1.49. The summed E-state index contributed by atoms with van der Waals surface area (Å²) in [6, 6.07) is 3.39. The van der Waals surface area contributed by atoms with Crippen LogP contribution < -0.4 is 0 Å². The summed E-state index contributed by atoms with van der Waals surface area (Å²) in [5, 5.41) is 3.34. The van der Waals surface area contributed by atoms with Crippen LogP contribution in [0.15, 0.2) is 35.1 Å². The van der Waals surface area contributed by atoms with Crippen molar-refractivity contribution in [2.75, 3.05) is 6.54 Å². The molecule has 0 N–H and O–H groups in total. The average Bonchev–Trinajstić information content (AvgIpc) is 3.00. The molecule has 122 valence electrons. The lowest BCUT2D eigenvalue weighted by atomic mass is 10.1. The van der Waals surface area contributed by atoms with Gasteiger partial charge in [-0.3, -0.25) is 4.98 Å². The van der Waals surface area contributed by atoms with Crippen molar-refractivity contribution in [1.82, 2.24) is 20.0 Å². The third kappa shape index (κ3) is 3.52. The van der Waals surface area contributed by atoms with E-state index in [2.05, 4.69) is 31.1 Å². The molecule has 1 aliphatic heterocycles. The summed E-state index contributed by atoms with van der Waals surface area (Å²) in [7, 11) is 0. The molecule has 1 fully saturated rings. The molecule has 0 spiro atoms. The highest BCUT2D eigenvalue weighted by atomic mass is 19.4. The number of likely N-dealkylation sites (tertiary alicyclic amines) is 1. The maximum atomic E-state index is 12.5. The first-order chi connectivity index (χ1) is 10.9. The molecule has 0 saturated carbocycles. The van der Waals surface area contributed by atoms with E-state index in [1.807, 2.05) is 0 Å². The van der Waals surface area contributed by atoms with Gasteiger partial charge < -0.3 is 9.42 Å². The van der Waals surface area contributed by atoms with Crippen molar-refractivity contribution in [2.45, 2.75) is 32.0 Å². The maximum absolute atomic E-state index is 12.5. The number of aromatic nitrogens is 3. The van der Waals surface area contributed by atoms with E-state index in [4.69, 9.17) is 0 Å². The van der Waals surface area contributed by atoms with Gasteiger partial charge in [-0.15, -0.1) is 0 Å². The standard InChI is InChI=1S/C15H15F3N4O/c1-10-4-2-3-7-22(10)9-12-6-5-11(8-19-12)13-20-14(23-21-13)15(16,17)18/h5-6,8H,1-4,7,9H2. The fraction of sp³-hybridized carbons (Fsp3) is 0.400. The lowest BCUT2D eigenvalue weighted by Gasteiger charge is -2.30. The lowest BCUT2D eigenvalue weighted by molar-refractivity contribution is -0.159. The Morgan fingerprint density at radius 2 is 2.09 bits per heavy atom. The first kappa shape index (κ1) is 15.5. The molecule has 3 heterocycles. The van der Waals surface area contributed by atoms with Gasteiger partial charge in [-0.1, -0.05) is 11.7 Å². The highest BCUT2D eigenvalue weighted by Crippen LogP contribution is 2.29. The molecule has 0 atom stereocenters. The summed E-state index contributed by atoms with van der Waals surface area (Å²) < 4.78 is 41.6. The quantitative estimate of drug-likeness (QED) is 0.862. The summed E-state index contributed by atoms with van der Waals surface area (Å²) in [6.45, 7) is 5.63. The molecule has 3 rings (SSSR count). The van der Waals surface area contributed by atoms with E-state index in [0.717, 1.165) is 37.2 Å². The molecule has 0 amide bonds. The van der Waals surface area contributed by atoms with Crippen LogP contribution in [0.4, 0.5) is 13.2 Å². The van der Waals surface area contributed by atoms with E-state index in [1.165, 1.54) is 6.20 Å². The third-order valence-electron chi connectivity index (χ3n) is 3.69. The van der Waals surface area contributed by atoms with E-state index >= 15 is 0 Å². The fourth-order valence-corrected chi connectivity index (χ4v) is 2.44. The molecule has 1 aliphatic rings. The van der Waals surface area contributed by atoms with Gasteiger partial charge in [0.15, 0.2) is 0 Å². The number of pyridine rings is 1. The molecular weight excluding hydrogens is 309 g/mol. The van der Waals surface area contributed by atoms with Crippen molar-refractivity contribution in [3.8, 4) is 11.4 Å². The van der Waals surface area contributed by atoms with Crippen LogP contribution >= 0.6 is 0 Å². The van der Waals surface area contributed by atoms with Gasteiger partial charge in [-0.25, -0.2) is 0 Å². The molecule has 0 unspecified atom stereocenters. The Kier molecular flexibility index (Phi) is 4.06. The SMILES string of the molecule is C=C1CCCCN1Cc1ccc(-c2noc(C(F)(F)F)n2)cn1. The van der Waals surface area contributed by atoms with Gasteiger partial charge in [0.1, 0.15) is 0 Å². The summed E-state index contributed by atoms with van der Waals surface area (Å²) in [5.41, 5.74) is 2.29. The van der Waals surface area contributed by atoms with E-state index in [9.17, 15) is 13.2 Å². The fourth-order valence-electron chi connectivity index (χ4n) is 2.44. The Balaban J connectivity index is 1.72. The van der Waals surface area contributed by atoms with E-state index in [0.29, 0.717) is 12.1 Å². The van der Waals surface area contributed by atoms with Gasteiger partial charge in [0.05, 0.1) is 12.2 Å². The molecule has 0 radical (unpaired) electrons. The van der Waals surface area contributed by atoms with Crippen molar-refractivity contribution in [1.29, 1.82) is 0 Å². The number of hydrogen-bond acceptors (Lipinski definition) is 5. The lowest BCUT2D eigenvalue weighted by Crippen LogP contribution is -2.27. The molecule has 5 nitrogen and oxygen atoms in total. The second-order valence-corrected chi connectivity index (χ2v) is 5.40. The Morgan fingerprint density at radius 1 is 1.26 bits per heavy atom. The predicted molar refractivity (Wildman–Crippen MR) is 75.9 cm³/mol. The Hall–Kier alpha value is -2.38. The minimum absolute atomic E-state index is 0.126. The third-order valence-corrected chi connectivity index (χ3v) is 3.69. The summed E-state index contributed by atoms with van der Waals surface area (Å²) in [6.07, 6.45) is 0.0721. The van der Waals surface area contributed by atoms with E-state index in [1.54, 1.807) is 12.1 Å². The van der Waals surface area contributed by atoms with Gasteiger partial charge in [0.2, 0.25) is 5.82 Å². The van der Waals surface area contributed by atoms with Crippen LogP contribution in [0.3, 0.4) is 0 Å². The normalized spacial score (nSPS) is 16.0. The maximum Gasteiger partial charge on any atom is 0.471 e. The second kappa shape index (κ2) is 6.02. The van der Waals surface area contributed by atoms with Crippen LogP contribution in [0, 0.1) is 0 Å². The number of hydrogen-bond donors (Lipinski definition) is 0. The van der Waals surface area contributed by atoms with Crippen molar-refractivity contribution in [2.24, 2.45) is 0 Å². The highest BCUT2D eigenvalue weighted by Gasteiger charge is 2.38. The zero-order valence-electron chi connectivity index (χ0n) is 12.3. The van der Waals surface area contributed by atoms with Crippen LogP contribution in [0.2, 0.25) is 0 Å². The molecule has 0 bridgehead atoms. The van der Waals surface area contributed by atoms with Gasteiger partial charge in [-0.05, 0) is 31.4 Å². The monoisotopic (exact) mass is 324 g/mol. The average molecular weight is 324 g/mol. The number of nitrogens with zero attached hydrogens (tertiary/aromatic N) is 4. The van der Waals surface area contributed by atoms with Crippen molar-refractivity contribution < 1.29 is 17.7 Å². The molecule has 2 aromatic rings. The van der Waals surface area contributed by atoms with E-state index in [-0.39, 0.29) is 5.82 Å². The van der Waals surface area contributed by atoms with Gasteiger partial charge >= 0.3 is 12.1 Å². The van der Waals surface area contributed by atoms with Crippen LogP contribution in [-0.2, 0) is 12.7 Å². The Labute approximate surface area is 130 Å². The first-order valence-electron chi connectivity index (χ1n) is 7.22. The van der Waals surface area contributed by atoms with Gasteiger partial charge in [0.25, 0.3) is 0 Å². The molecular formula is C15H15F3N4O. The van der Waals surface area contributed by atoms with Crippen LogP contribution in [0.5, 0.6) is 0 Å². The topological polar surface area (TPSA) is 55.1 Å². The van der Waals surface area contributed by atoms with Crippen molar-refractivity contribution in [3.63, 3.8) is 0 Å². The van der Waals surface area contributed by atoms with Crippen LogP contribution in [0.1, 0.15) is 30.8 Å².